The largest absolute Gasteiger partial charge is 0.319 e. The van der Waals surface area contributed by atoms with E-state index in [1.54, 1.807) is 6.07 Å². The van der Waals surface area contributed by atoms with Crippen molar-refractivity contribution < 1.29 is 4.79 Å². The highest BCUT2D eigenvalue weighted by atomic mass is 32.1. The van der Waals surface area contributed by atoms with Gasteiger partial charge in [-0.1, -0.05) is 6.07 Å². The highest BCUT2D eigenvalue weighted by molar-refractivity contribution is 7.11. The van der Waals surface area contributed by atoms with Crippen molar-refractivity contribution in [3.05, 3.63) is 33.8 Å². The molecule has 0 aliphatic rings. The molecule has 0 saturated heterocycles. The quantitative estimate of drug-likeness (QED) is 0.750. The Balaban J connectivity index is 1.95. The van der Waals surface area contributed by atoms with Gasteiger partial charge < -0.3 is 5.32 Å². The molecule has 0 radical (unpaired) electrons. The van der Waals surface area contributed by atoms with Crippen molar-refractivity contribution >= 4 is 34.0 Å². The van der Waals surface area contributed by atoms with Gasteiger partial charge in [-0.2, -0.15) is 15.4 Å². The Hall–Kier alpha value is -2.28. The molecule has 0 atom stereocenters. The number of benzene rings is 1. The number of H-pyrrole nitrogens is 1. The van der Waals surface area contributed by atoms with E-state index in [0.29, 0.717) is 22.4 Å². The third-order valence-corrected chi connectivity index (χ3v) is 3.60. The van der Waals surface area contributed by atoms with E-state index in [2.05, 4.69) is 25.7 Å². The van der Waals surface area contributed by atoms with Crippen molar-refractivity contribution in [1.29, 1.82) is 0 Å². The fourth-order valence-electron chi connectivity index (χ4n) is 1.89. The van der Waals surface area contributed by atoms with Crippen molar-refractivity contribution in [2.24, 2.45) is 0 Å². The van der Waals surface area contributed by atoms with Gasteiger partial charge in [-0.15, -0.1) is 11.3 Å². The molecule has 0 unspecified atom stereocenters. The number of aromatic amines is 1. The van der Waals surface area contributed by atoms with Crippen LogP contribution < -0.4 is 5.32 Å². The van der Waals surface area contributed by atoms with Gasteiger partial charge in [-0.3, -0.25) is 4.79 Å². The van der Waals surface area contributed by atoms with Gasteiger partial charge in [0.1, 0.15) is 16.7 Å². The van der Waals surface area contributed by atoms with Gasteiger partial charge in [-0.25, -0.2) is 4.98 Å². The molecule has 0 saturated carbocycles. The lowest BCUT2D eigenvalue weighted by Crippen LogP contribution is -2.13. The first-order valence-corrected chi connectivity index (χ1v) is 6.51. The van der Waals surface area contributed by atoms with Gasteiger partial charge in [0.05, 0.1) is 10.7 Å². The smallest absolute Gasteiger partial charge is 0.275 e. The summed E-state index contributed by atoms with van der Waals surface area (Å²) in [7, 11) is 0. The molecule has 2 N–H and O–H groups in total. The Kier molecular flexibility index (Phi) is 2.75. The molecule has 0 spiro atoms. The molecule has 3 aromatic rings. The topological polar surface area (TPSA) is 83.6 Å². The zero-order valence-corrected chi connectivity index (χ0v) is 11.2. The Labute approximate surface area is 112 Å². The third kappa shape index (κ3) is 2.08. The summed E-state index contributed by atoms with van der Waals surface area (Å²) in [6.07, 6.45) is 0. The van der Waals surface area contributed by atoms with Crippen molar-refractivity contribution in [3.8, 4) is 0 Å². The maximum Gasteiger partial charge on any atom is 0.275 e. The number of nitrogens with zero attached hydrogens (tertiary/aromatic N) is 3. The van der Waals surface area contributed by atoms with Crippen LogP contribution in [0.3, 0.4) is 0 Å². The highest BCUT2D eigenvalue weighted by Crippen LogP contribution is 2.21. The Morgan fingerprint density at radius 3 is 2.89 bits per heavy atom. The summed E-state index contributed by atoms with van der Waals surface area (Å²) in [6, 6.07) is 5.43. The minimum absolute atomic E-state index is 0.225. The van der Waals surface area contributed by atoms with Crippen LogP contribution in [0.4, 0.5) is 5.69 Å². The zero-order chi connectivity index (χ0) is 13.4. The zero-order valence-electron chi connectivity index (χ0n) is 10.4. The van der Waals surface area contributed by atoms with E-state index in [-0.39, 0.29) is 5.91 Å². The first-order valence-electron chi connectivity index (χ1n) is 5.70. The van der Waals surface area contributed by atoms with Crippen LogP contribution >= 0.6 is 11.3 Å². The molecule has 6 nitrogen and oxygen atoms in total. The number of hydrogen-bond acceptors (Lipinski definition) is 5. The maximum absolute atomic E-state index is 12.2. The second-order valence-corrected chi connectivity index (χ2v) is 5.50. The van der Waals surface area contributed by atoms with Crippen molar-refractivity contribution in [3.63, 3.8) is 0 Å². The summed E-state index contributed by atoms with van der Waals surface area (Å²) in [5, 5.41) is 14.2. The molecule has 0 bridgehead atoms. The number of fused-ring (bicyclic) bond motifs is 1. The van der Waals surface area contributed by atoms with Crippen LogP contribution in [0.1, 0.15) is 20.4 Å². The van der Waals surface area contributed by atoms with Gasteiger partial charge in [0.15, 0.2) is 0 Å². The van der Waals surface area contributed by atoms with E-state index in [9.17, 15) is 4.79 Å². The van der Waals surface area contributed by atoms with E-state index in [0.717, 1.165) is 9.88 Å². The summed E-state index contributed by atoms with van der Waals surface area (Å²) in [4.78, 5) is 17.3. The van der Waals surface area contributed by atoms with E-state index < -0.39 is 0 Å². The minimum atomic E-state index is -0.225. The standard InChI is InChI=1S/C12H11N5OS/c1-6-10(13-7(2)19-6)12(18)14-8-4-3-5-9-11(8)16-17-15-9/h3-5H,1-2H3,(H,14,18)(H,15,16,17). The van der Waals surface area contributed by atoms with E-state index in [1.807, 2.05) is 26.0 Å². The average Bonchev–Trinajstić information content (AvgIpc) is 2.96. The molecule has 96 valence electrons. The van der Waals surface area contributed by atoms with Gasteiger partial charge in [0.25, 0.3) is 5.91 Å². The Morgan fingerprint density at radius 1 is 1.32 bits per heavy atom. The first kappa shape index (κ1) is 11.8. The van der Waals surface area contributed by atoms with Crippen LogP contribution in [-0.2, 0) is 0 Å². The van der Waals surface area contributed by atoms with Crippen LogP contribution in [0.15, 0.2) is 18.2 Å². The molecule has 2 heterocycles. The summed E-state index contributed by atoms with van der Waals surface area (Å²) in [5.74, 6) is -0.225. The fourth-order valence-corrected chi connectivity index (χ4v) is 2.70. The van der Waals surface area contributed by atoms with Crippen LogP contribution in [0.25, 0.3) is 11.0 Å². The number of thiazole rings is 1. The summed E-state index contributed by atoms with van der Waals surface area (Å²) < 4.78 is 0. The van der Waals surface area contributed by atoms with Gasteiger partial charge in [0, 0.05) is 4.88 Å². The number of amides is 1. The molecule has 7 heteroatoms. The number of carbonyl (C=O) groups excluding carboxylic acids is 1. The summed E-state index contributed by atoms with van der Waals surface area (Å²) >= 11 is 1.51. The second-order valence-electron chi connectivity index (χ2n) is 4.09. The Morgan fingerprint density at radius 2 is 2.16 bits per heavy atom. The second kappa shape index (κ2) is 4.43. The number of anilines is 1. The molecule has 1 aromatic carbocycles. The number of aromatic nitrogens is 4. The number of rotatable bonds is 2. The van der Waals surface area contributed by atoms with E-state index >= 15 is 0 Å². The normalized spacial score (nSPS) is 10.8. The fraction of sp³-hybridized carbons (Fsp3) is 0.167. The number of hydrogen-bond donors (Lipinski definition) is 2. The monoisotopic (exact) mass is 273 g/mol. The highest BCUT2D eigenvalue weighted by Gasteiger charge is 2.15. The molecular weight excluding hydrogens is 262 g/mol. The molecule has 1 amide bonds. The third-order valence-electron chi connectivity index (χ3n) is 2.71. The number of para-hydroxylation sites is 1. The Bertz CT molecular complexity index is 760. The van der Waals surface area contributed by atoms with Crippen molar-refractivity contribution in [2.75, 3.05) is 5.32 Å². The number of aryl methyl sites for hydroxylation is 2. The van der Waals surface area contributed by atoms with Crippen LogP contribution in [0.5, 0.6) is 0 Å². The van der Waals surface area contributed by atoms with Crippen LogP contribution in [0.2, 0.25) is 0 Å². The minimum Gasteiger partial charge on any atom is -0.319 e. The lowest BCUT2D eigenvalue weighted by Gasteiger charge is -2.03. The molecule has 19 heavy (non-hydrogen) atoms. The number of nitrogens with one attached hydrogen (secondary N) is 2. The predicted molar refractivity (Wildman–Crippen MR) is 73.4 cm³/mol. The van der Waals surface area contributed by atoms with Gasteiger partial charge in [0.2, 0.25) is 0 Å². The van der Waals surface area contributed by atoms with Crippen molar-refractivity contribution in [1.82, 2.24) is 20.4 Å². The van der Waals surface area contributed by atoms with Crippen LogP contribution in [0, 0.1) is 13.8 Å². The lowest BCUT2D eigenvalue weighted by atomic mass is 10.2. The molecule has 3 rings (SSSR count). The lowest BCUT2D eigenvalue weighted by molar-refractivity contribution is 0.102. The molecule has 0 fully saturated rings. The molecule has 2 aromatic heterocycles. The maximum atomic E-state index is 12.2. The average molecular weight is 273 g/mol. The first-order chi connectivity index (χ1) is 9.15. The summed E-state index contributed by atoms with van der Waals surface area (Å²) in [5.41, 5.74) is 2.44. The van der Waals surface area contributed by atoms with Gasteiger partial charge >= 0.3 is 0 Å². The van der Waals surface area contributed by atoms with Gasteiger partial charge in [-0.05, 0) is 26.0 Å². The molecular formula is C12H11N5OS. The van der Waals surface area contributed by atoms with E-state index in [4.69, 9.17) is 0 Å². The number of carbonyl (C=O) groups is 1. The molecule has 0 aliphatic heterocycles. The van der Waals surface area contributed by atoms with E-state index in [1.165, 1.54) is 11.3 Å². The summed E-state index contributed by atoms with van der Waals surface area (Å²) in [6.45, 7) is 3.77. The molecule has 0 aliphatic carbocycles. The SMILES string of the molecule is Cc1nc(C(=O)Nc2cccc3n[nH]nc23)c(C)s1. The van der Waals surface area contributed by atoms with Crippen molar-refractivity contribution in [2.45, 2.75) is 13.8 Å². The van der Waals surface area contributed by atoms with Crippen LogP contribution in [-0.4, -0.2) is 26.3 Å². The predicted octanol–water partition coefficient (Wildman–Crippen LogP) is 2.28.